The second-order valence-electron chi connectivity index (χ2n) is 7.65. The van der Waals surface area contributed by atoms with E-state index in [2.05, 4.69) is 47.4 Å². The van der Waals surface area contributed by atoms with Gasteiger partial charge in [-0.05, 0) is 67.6 Å². The van der Waals surface area contributed by atoms with Gasteiger partial charge in [-0.1, -0.05) is 42.5 Å². The van der Waals surface area contributed by atoms with Gasteiger partial charge in [0.2, 0.25) is 0 Å². The van der Waals surface area contributed by atoms with Crippen LogP contribution in [-0.4, -0.2) is 48.1 Å². The lowest BCUT2D eigenvalue weighted by molar-refractivity contribution is 0.0585. The summed E-state index contributed by atoms with van der Waals surface area (Å²) in [5.41, 5.74) is 2.84. The number of rotatable bonds is 6. The summed E-state index contributed by atoms with van der Waals surface area (Å²) in [6, 6.07) is 17.1. The van der Waals surface area contributed by atoms with Crippen LogP contribution >= 0.6 is 11.8 Å². The molecule has 0 aromatic heterocycles. The summed E-state index contributed by atoms with van der Waals surface area (Å²) in [7, 11) is 0. The van der Waals surface area contributed by atoms with Crippen LogP contribution in [0.15, 0.2) is 53.4 Å². The summed E-state index contributed by atoms with van der Waals surface area (Å²) in [5.74, 6) is 2.76. The van der Waals surface area contributed by atoms with Crippen LogP contribution in [0, 0.1) is 0 Å². The molecule has 2 aliphatic rings. The van der Waals surface area contributed by atoms with Crippen molar-refractivity contribution in [3.8, 4) is 5.75 Å². The normalized spacial score (nSPS) is 19.4. The first-order valence-corrected chi connectivity index (χ1v) is 11.1. The third-order valence-corrected chi connectivity index (χ3v) is 6.90. The summed E-state index contributed by atoms with van der Waals surface area (Å²) in [6.45, 7) is 3.17. The number of thioether (sulfide) groups is 1. The monoisotopic (exact) mass is 383 g/mol. The van der Waals surface area contributed by atoms with Crippen LogP contribution in [-0.2, 0) is 6.42 Å². The lowest BCUT2D eigenvalue weighted by atomic mass is 9.89. The highest BCUT2D eigenvalue weighted by atomic mass is 32.2. The number of likely N-dealkylation sites (tertiary alicyclic amines) is 1. The van der Waals surface area contributed by atoms with Gasteiger partial charge in [0, 0.05) is 6.54 Å². The van der Waals surface area contributed by atoms with Gasteiger partial charge in [-0.2, -0.15) is 0 Å². The van der Waals surface area contributed by atoms with Crippen molar-refractivity contribution in [2.45, 2.75) is 42.6 Å². The number of fused-ring (bicyclic) bond motifs is 1. The van der Waals surface area contributed by atoms with Gasteiger partial charge in [-0.25, -0.2) is 0 Å². The van der Waals surface area contributed by atoms with E-state index in [9.17, 15) is 5.11 Å². The Morgan fingerprint density at radius 3 is 2.70 bits per heavy atom. The van der Waals surface area contributed by atoms with Gasteiger partial charge in [0.1, 0.15) is 18.5 Å². The number of aliphatic hydroxyl groups is 1. The van der Waals surface area contributed by atoms with Crippen molar-refractivity contribution in [1.29, 1.82) is 0 Å². The van der Waals surface area contributed by atoms with E-state index in [0.29, 0.717) is 19.1 Å². The van der Waals surface area contributed by atoms with Crippen molar-refractivity contribution in [2.75, 3.05) is 32.0 Å². The van der Waals surface area contributed by atoms with E-state index in [0.717, 1.165) is 31.0 Å². The molecule has 0 aliphatic carbocycles. The number of aryl methyl sites for hydroxylation is 1. The molecule has 2 aliphatic heterocycles. The fourth-order valence-electron chi connectivity index (χ4n) is 4.18. The minimum Gasteiger partial charge on any atom is -0.490 e. The first-order valence-electron chi connectivity index (χ1n) is 10.1. The molecule has 1 fully saturated rings. The van der Waals surface area contributed by atoms with Crippen molar-refractivity contribution >= 4 is 11.8 Å². The highest BCUT2D eigenvalue weighted by Gasteiger charge is 2.22. The van der Waals surface area contributed by atoms with Gasteiger partial charge in [-0.15, -0.1) is 11.8 Å². The maximum Gasteiger partial charge on any atom is 0.133 e. The van der Waals surface area contributed by atoms with Crippen LogP contribution in [0.4, 0.5) is 0 Å². The molecule has 1 saturated heterocycles. The molecule has 2 heterocycles. The fraction of sp³-hybridized carbons (Fsp3) is 0.478. The Balaban J connectivity index is 1.24. The van der Waals surface area contributed by atoms with Crippen LogP contribution in [0.25, 0.3) is 0 Å². The SMILES string of the molecule is OC(COc1cccc2c1SCCC2)CN1CCC(c2ccccc2)CC1. The summed E-state index contributed by atoms with van der Waals surface area (Å²) in [4.78, 5) is 3.66. The Kier molecular flexibility index (Phi) is 6.38. The predicted molar refractivity (Wildman–Crippen MR) is 112 cm³/mol. The molecule has 27 heavy (non-hydrogen) atoms. The molecule has 0 saturated carbocycles. The minimum atomic E-state index is -0.442. The molecule has 1 N–H and O–H groups in total. The average molecular weight is 384 g/mol. The third-order valence-electron chi connectivity index (χ3n) is 5.66. The molecule has 0 bridgehead atoms. The van der Waals surface area contributed by atoms with Crippen molar-refractivity contribution in [1.82, 2.24) is 4.90 Å². The van der Waals surface area contributed by atoms with Crippen LogP contribution in [0.2, 0.25) is 0 Å². The van der Waals surface area contributed by atoms with Crippen molar-refractivity contribution in [3.63, 3.8) is 0 Å². The number of piperidine rings is 1. The van der Waals surface area contributed by atoms with E-state index in [1.54, 1.807) is 0 Å². The molecular formula is C23H29NO2S. The summed E-state index contributed by atoms with van der Waals surface area (Å²) < 4.78 is 6.00. The maximum absolute atomic E-state index is 10.5. The summed E-state index contributed by atoms with van der Waals surface area (Å²) in [5, 5.41) is 10.5. The van der Waals surface area contributed by atoms with E-state index >= 15 is 0 Å². The number of benzene rings is 2. The molecule has 1 atom stereocenters. The molecule has 2 aromatic carbocycles. The molecule has 4 heteroatoms. The van der Waals surface area contributed by atoms with Gasteiger partial charge in [-0.3, -0.25) is 0 Å². The number of β-amino-alcohol motifs (C(OH)–C–C–N with tert-alkyl or cyclic N) is 1. The predicted octanol–water partition coefficient (Wildman–Crippen LogP) is 4.34. The van der Waals surface area contributed by atoms with E-state index in [4.69, 9.17) is 4.74 Å². The first-order chi connectivity index (χ1) is 13.3. The average Bonchev–Trinajstić information content (AvgIpc) is 2.73. The second-order valence-corrected chi connectivity index (χ2v) is 8.75. The largest absolute Gasteiger partial charge is 0.490 e. The highest BCUT2D eigenvalue weighted by Crippen LogP contribution is 2.37. The van der Waals surface area contributed by atoms with Crippen LogP contribution in [0.5, 0.6) is 5.75 Å². The van der Waals surface area contributed by atoms with Crippen molar-refractivity contribution < 1.29 is 9.84 Å². The van der Waals surface area contributed by atoms with E-state index < -0.39 is 6.10 Å². The fourth-order valence-corrected chi connectivity index (χ4v) is 5.30. The maximum atomic E-state index is 10.5. The lowest BCUT2D eigenvalue weighted by Gasteiger charge is -2.33. The molecule has 0 amide bonds. The topological polar surface area (TPSA) is 32.7 Å². The molecule has 144 valence electrons. The van der Waals surface area contributed by atoms with E-state index in [1.807, 2.05) is 17.8 Å². The Morgan fingerprint density at radius 1 is 1.07 bits per heavy atom. The zero-order chi connectivity index (χ0) is 18.5. The van der Waals surface area contributed by atoms with Crippen LogP contribution < -0.4 is 4.74 Å². The Morgan fingerprint density at radius 2 is 1.89 bits per heavy atom. The zero-order valence-electron chi connectivity index (χ0n) is 15.8. The van der Waals surface area contributed by atoms with Gasteiger partial charge in [0.05, 0.1) is 4.90 Å². The molecule has 0 radical (unpaired) electrons. The molecular weight excluding hydrogens is 354 g/mol. The summed E-state index contributed by atoms with van der Waals surface area (Å²) >= 11 is 1.88. The van der Waals surface area contributed by atoms with Gasteiger partial charge in [0.25, 0.3) is 0 Å². The lowest BCUT2D eigenvalue weighted by Crippen LogP contribution is -2.40. The number of hydrogen-bond acceptors (Lipinski definition) is 4. The quantitative estimate of drug-likeness (QED) is 0.804. The van der Waals surface area contributed by atoms with Crippen molar-refractivity contribution in [3.05, 3.63) is 59.7 Å². The standard InChI is InChI=1S/C23H29NO2S/c25-21(17-26-22-10-4-8-20-9-5-15-27-23(20)22)16-24-13-11-19(12-14-24)18-6-2-1-3-7-18/h1-4,6-8,10,19,21,25H,5,9,11-17H2. The second kappa shape index (κ2) is 9.13. The molecule has 4 rings (SSSR count). The van der Waals surface area contributed by atoms with Gasteiger partial charge < -0.3 is 14.7 Å². The molecule has 0 spiro atoms. The molecule has 2 aromatic rings. The number of ether oxygens (including phenoxy) is 1. The Bertz CT molecular complexity index is 728. The Hall–Kier alpha value is -1.49. The van der Waals surface area contributed by atoms with Gasteiger partial charge in [0.15, 0.2) is 0 Å². The Labute approximate surface area is 166 Å². The van der Waals surface area contributed by atoms with Crippen molar-refractivity contribution in [2.24, 2.45) is 0 Å². The summed E-state index contributed by atoms with van der Waals surface area (Å²) in [6.07, 6.45) is 4.27. The molecule has 3 nitrogen and oxygen atoms in total. The highest BCUT2D eigenvalue weighted by molar-refractivity contribution is 7.99. The van der Waals surface area contributed by atoms with Crippen LogP contribution in [0.3, 0.4) is 0 Å². The van der Waals surface area contributed by atoms with Gasteiger partial charge >= 0.3 is 0 Å². The van der Waals surface area contributed by atoms with E-state index in [1.165, 1.54) is 35.3 Å². The van der Waals surface area contributed by atoms with E-state index in [-0.39, 0.29) is 0 Å². The third kappa shape index (κ3) is 4.87. The molecule has 1 unspecified atom stereocenters. The number of nitrogens with zero attached hydrogens (tertiary/aromatic N) is 1. The number of hydrogen-bond donors (Lipinski definition) is 1. The number of aliphatic hydroxyl groups excluding tert-OH is 1. The smallest absolute Gasteiger partial charge is 0.133 e. The van der Waals surface area contributed by atoms with Crippen LogP contribution in [0.1, 0.15) is 36.3 Å². The zero-order valence-corrected chi connectivity index (χ0v) is 16.7. The minimum absolute atomic E-state index is 0.371. The first kappa shape index (κ1) is 18.9.